The van der Waals surface area contributed by atoms with Crippen LogP contribution >= 0.6 is 11.6 Å². The van der Waals surface area contributed by atoms with Crippen molar-refractivity contribution in [3.8, 4) is 0 Å². The van der Waals surface area contributed by atoms with E-state index in [2.05, 4.69) is 0 Å². The van der Waals surface area contributed by atoms with E-state index in [1.807, 2.05) is 0 Å². The monoisotopic (exact) mass is 315 g/mol. The van der Waals surface area contributed by atoms with E-state index in [1.54, 1.807) is 24.3 Å². The van der Waals surface area contributed by atoms with E-state index in [9.17, 15) is 13.2 Å². The van der Waals surface area contributed by atoms with Gasteiger partial charge in [-0.1, -0.05) is 23.7 Å². The summed E-state index contributed by atoms with van der Waals surface area (Å²) >= 11 is 5.96. The van der Waals surface area contributed by atoms with Gasteiger partial charge in [-0.25, -0.2) is 8.42 Å². The predicted molar refractivity (Wildman–Crippen MR) is 77.9 cm³/mol. The summed E-state index contributed by atoms with van der Waals surface area (Å²) in [4.78, 5) is 12.1. The Balaban J connectivity index is 2.21. The molecule has 0 aliphatic heterocycles. The first-order chi connectivity index (χ1) is 9.28. The summed E-state index contributed by atoms with van der Waals surface area (Å²) in [6.07, 6.45) is 1.16. The minimum atomic E-state index is -3.15. The average molecular weight is 316 g/mol. The SMILES string of the molecule is CS(=O)(=O)CCC(N)C(=O)c1cc2cccc(Cl)c2o1. The maximum atomic E-state index is 12.1. The van der Waals surface area contributed by atoms with E-state index < -0.39 is 21.7 Å². The van der Waals surface area contributed by atoms with Crippen LogP contribution in [0.4, 0.5) is 0 Å². The van der Waals surface area contributed by atoms with Crippen molar-refractivity contribution in [1.82, 2.24) is 0 Å². The summed E-state index contributed by atoms with van der Waals surface area (Å²) in [5.74, 6) is -0.476. The van der Waals surface area contributed by atoms with Gasteiger partial charge in [-0.15, -0.1) is 0 Å². The quantitative estimate of drug-likeness (QED) is 0.853. The Morgan fingerprint density at radius 3 is 2.75 bits per heavy atom. The molecule has 0 amide bonds. The van der Waals surface area contributed by atoms with Crippen LogP contribution in [0, 0.1) is 0 Å². The van der Waals surface area contributed by atoms with Crippen molar-refractivity contribution in [3.63, 3.8) is 0 Å². The van der Waals surface area contributed by atoms with Gasteiger partial charge in [0.25, 0.3) is 0 Å². The molecule has 0 radical (unpaired) electrons. The second kappa shape index (κ2) is 5.55. The van der Waals surface area contributed by atoms with Crippen LogP contribution in [-0.2, 0) is 9.84 Å². The molecule has 1 aromatic carbocycles. The number of furan rings is 1. The predicted octanol–water partition coefficient (Wildman–Crippen LogP) is 2.03. The summed E-state index contributed by atoms with van der Waals surface area (Å²) in [7, 11) is -3.15. The first-order valence-electron chi connectivity index (χ1n) is 5.93. The first-order valence-corrected chi connectivity index (χ1v) is 8.37. The van der Waals surface area contributed by atoms with Gasteiger partial charge in [-0.2, -0.15) is 0 Å². The van der Waals surface area contributed by atoms with Gasteiger partial charge < -0.3 is 10.2 Å². The van der Waals surface area contributed by atoms with Crippen molar-refractivity contribution in [2.75, 3.05) is 12.0 Å². The molecule has 108 valence electrons. The fourth-order valence-electron chi connectivity index (χ4n) is 1.80. The smallest absolute Gasteiger partial charge is 0.214 e. The molecule has 1 unspecified atom stereocenters. The third-order valence-electron chi connectivity index (χ3n) is 2.88. The lowest BCUT2D eigenvalue weighted by Crippen LogP contribution is -2.32. The Bertz CT molecular complexity index is 751. The third kappa shape index (κ3) is 3.39. The zero-order valence-electron chi connectivity index (χ0n) is 10.8. The number of nitrogens with two attached hydrogens (primary N) is 1. The lowest BCUT2D eigenvalue weighted by atomic mass is 10.1. The standard InChI is InChI=1S/C13H14ClNO4S/c1-20(17,18)6-5-10(15)12(16)11-7-8-3-2-4-9(14)13(8)19-11/h2-4,7,10H,5-6,15H2,1H3. The number of benzene rings is 1. The molecule has 0 bridgehead atoms. The first kappa shape index (κ1) is 15.0. The lowest BCUT2D eigenvalue weighted by Gasteiger charge is -2.07. The fourth-order valence-corrected chi connectivity index (χ4v) is 2.71. The van der Waals surface area contributed by atoms with Gasteiger partial charge >= 0.3 is 0 Å². The van der Waals surface area contributed by atoms with Crippen LogP contribution in [0.25, 0.3) is 11.0 Å². The number of hydrogen-bond acceptors (Lipinski definition) is 5. The van der Waals surface area contributed by atoms with E-state index >= 15 is 0 Å². The van der Waals surface area contributed by atoms with Gasteiger partial charge in [-0.05, 0) is 18.6 Å². The summed E-state index contributed by atoms with van der Waals surface area (Å²) < 4.78 is 27.5. The number of ketones is 1. The average Bonchev–Trinajstić information content (AvgIpc) is 2.79. The largest absolute Gasteiger partial charge is 0.451 e. The Hall–Kier alpha value is -1.37. The molecule has 0 spiro atoms. The van der Waals surface area contributed by atoms with Crippen LogP contribution in [0.3, 0.4) is 0 Å². The van der Waals surface area contributed by atoms with Gasteiger partial charge in [0.1, 0.15) is 9.84 Å². The number of hydrogen-bond donors (Lipinski definition) is 1. The van der Waals surface area contributed by atoms with E-state index in [-0.39, 0.29) is 17.9 Å². The number of para-hydroxylation sites is 1. The zero-order chi connectivity index (χ0) is 14.9. The molecule has 0 fully saturated rings. The van der Waals surface area contributed by atoms with E-state index in [4.69, 9.17) is 21.8 Å². The highest BCUT2D eigenvalue weighted by molar-refractivity contribution is 7.90. The van der Waals surface area contributed by atoms with Crippen LogP contribution in [-0.4, -0.2) is 32.3 Å². The molecule has 1 atom stereocenters. The minimum Gasteiger partial charge on any atom is -0.451 e. The number of halogens is 1. The molecule has 1 heterocycles. The van der Waals surface area contributed by atoms with Crippen molar-refractivity contribution < 1.29 is 17.6 Å². The fraction of sp³-hybridized carbons (Fsp3) is 0.308. The maximum Gasteiger partial charge on any atom is 0.214 e. The maximum absolute atomic E-state index is 12.1. The lowest BCUT2D eigenvalue weighted by molar-refractivity contribution is 0.0934. The summed E-state index contributed by atoms with van der Waals surface area (Å²) in [5.41, 5.74) is 6.13. The molecule has 0 saturated heterocycles. The van der Waals surface area contributed by atoms with Crippen molar-refractivity contribution in [3.05, 3.63) is 35.0 Å². The molecule has 2 aromatic rings. The summed E-state index contributed by atoms with van der Waals surface area (Å²) in [6.45, 7) is 0. The third-order valence-corrected chi connectivity index (χ3v) is 4.15. The molecule has 2 N–H and O–H groups in total. The van der Waals surface area contributed by atoms with Crippen molar-refractivity contribution in [2.24, 2.45) is 5.73 Å². The Kier molecular flexibility index (Phi) is 4.17. The summed E-state index contributed by atoms with van der Waals surface area (Å²) in [5, 5.41) is 1.11. The van der Waals surface area contributed by atoms with E-state index in [0.717, 1.165) is 6.26 Å². The molecule has 0 aliphatic rings. The van der Waals surface area contributed by atoms with Gasteiger partial charge in [0.15, 0.2) is 11.3 Å². The van der Waals surface area contributed by atoms with E-state index in [0.29, 0.717) is 16.0 Å². The molecule has 1 aromatic heterocycles. The molecule has 5 nitrogen and oxygen atoms in total. The minimum absolute atomic E-state index is 0.0580. The second-order valence-electron chi connectivity index (χ2n) is 4.66. The van der Waals surface area contributed by atoms with Crippen LogP contribution in [0.2, 0.25) is 5.02 Å². The Morgan fingerprint density at radius 1 is 1.45 bits per heavy atom. The van der Waals surface area contributed by atoms with Crippen LogP contribution in [0.15, 0.2) is 28.7 Å². The topological polar surface area (TPSA) is 90.4 Å². The number of sulfone groups is 1. The van der Waals surface area contributed by atoms with Crippen molar-refractivity contribution >= 4 is 38.2 Å². The molecule has 0 aliphatic carbocycles. The van der Waals surface area contributed by atoms with Crippen molar-refractivity contribution in [2.45, 2.75) is 12.5 Å². The van der Waals surface area contributed by atoms with Gasteiger partial charge in [0.05, 0.1) is 16.8 Å². The van der Waals surface area contributed by atoms with Gasteiger partial charge in [0, 0.05) is 11.6 Å². The molecular formula is C13H14ClNO4S. The van der Waals surface area contributed by atoms with Gasteiger partial charge in [0.2, 0.25) is 5.78 Å². The normalized spacial score (nSPS) is 13.6. The summed E-state index contributed by atoms with van der Waals surface area (Å²) in [6, 6.07) is 5.82. The number of Topliss-reactive ketones (excluding diaryl/α,β-unsaturated/α-hetero) is 1. The van der Waals surface area contributed by atoms with Crippen LogP contribution < -0.4 is 5.73 Å². The Morgan fingerprint density at radius 2 is 2.15 bits per heavy atom. The number of carbonyl (C=O) groups excluding carboxylic acids is 1. The zero-order valence-corrected chi connectivity index (χ0v) is 12.4. The van der Waals surface area contributed by atoms with Crippen molar-refractivity contribution in [1.29, 1.82) is 0 Å². The number of fused-ring (bicyclic) bond motifs is 1. The highest BCUT2D eigenvalue weighted by Crippen LogP contribution is 2.27. The van der Waals surface area contributed by atoms with Crippen LogP contribution in [0.1, 0.15) is 17.0 Å². The van der Waals surface area contributed by atoms with Crippen LogP contribution in [0.5, 0.6) is 0 Å². The molecular weight excluding hydrogens is 302 g/mol. The van der Waals surface area contributed by atoms with Gasteiger partial charge in [-0.3, -0.25) is 4.79 Å². The van der Waals surface area contributed by atoms with E-state index in [1.165, 1.54) is 0 Å². The number of carbonyl (C=O) groups is 1. The molecule has 7 heteroatoms. The molecule has 2 rings (SSSR count). The second-order valence-corrected chi connectivity index (χ2v) is 7.33. The Labute approximate surface area is 121 Å². The molecule has 20 heavy (non-hydrogen) atoms. The highest BCUT2D eigenvalue weighted by atomic mass is 35.5. The highest BCUT2D eigenvalue weighted by Gasteiger charge is 2.21. The number of rotatable bonds is 5. The molecule has 0 saturated carbocycles.